The maximum absolute atomic E-state index is 11.8. The van der Waals surface area contributed by atoms with Crippen LogP contribution in [0.5, 0.6) is 0 Å². The number of aryl methyl sites for hydroxylation is 1. The smallest absolute Gasteiger partial charge is 0.237 e. The summed E-state index contributed by atoms with van der Waals surface area (Å²) >= 11 is 13.4. The summed E-state index contributed by atoms with van der Waals surface area (Å²) in [6, 6.07) is 12.9. The number of rotatable bonds is 4. The number of anilines is 2. The van der Waals surface area contributed by atoms with Gasteiger partial charge in [-0.3, -0.25) is 4.79 Å². The normalized spacial score (nSPS) is 15.5. The van der Waals surface area contributed by atoms with E-state index in [1.54, 1.807) is 11.3 Å². The van der Waals surface area contributed by atoms with Crippen LogP contribution in [0.3, 0.4) is 0 Å². The van der Waals surface area contributed by atoms with Crippen LogP contribution in [0, 0.1) is 6.92 Å². The van der Waals surface area contributed by atoms with E-state index in [1.807, 2.05) is 11.0 Å². The second-order valence-electron chi connectivity index (χ2n) is 6.03. The number of hydrogen-bond acceptors (Lipinski definition) is 3. The van der Waals surface area contributed by atoms with Crippen molar-refractivity contribution < 1.29 is 4.79 Å². The third-order valence-electron chi connectivity index (χ3n) is 4.37. The van der Waals surface area contributed by atoms with Crippen LogP contribution in [0.2, 0.25) is 4.34 Å². The summed E-state index contributed by atoms with van der Waals surface area (Å²) in [7, 11) is 0. The Bertz CT molecular complexity index is 711. The van der Waals surface area contributed by atoms with Gasteiger partial charge in [0.05, 0.1) is 9.34 Å². The lowest BCUT2D eigenvalue weighted by Gasteiger charge is -2.39. The van der Waals surface area contributed by atoms with Gasteiger partial charge in [0, 0.05) is 24.8 Å². The van der Waals surface area contributed by atoms with Gasteiger partial charge in [0.15, 0.2) is 0 Å². The van der Waals surface area contributed by atoms with Gasteiger partial charge in [0.1, 0.15) is 5.88 Å². The molecular weight excluding hydrogens is 363 g/mol. The topological polar surface area (TPSA) is 23.6 Å². The summed E-state index contributed by atoms with van der Waals surface area (Å²) in [5, 5.41) is 1.15. The van der Waals surface area contributed by atoms with E-state index in [2.05, 4.69) is 42.2 Å². The Morgan fingerprint density at radius 2 is 2.04 bits per heavy atom. The highest BCUT2D eigenvalue weighted by atomic mass is 35.5. The quantitative estimate of drug-likeness (QED) is 0.688. The van der Waals surface area contributed by atoms with E-state index in [0.29, 0.717) is 6.04 Å². The molecule has 1 saturated heterocycles. The molecule has 6 heteroatoms. The van der Waals surface area contributed by atoms with Crippen LogP contribution in [-0.2, 0) is 4.79 Å². The van der Waals surface area contributed by atoms with Crippen molar-refractivity contribution in [1.82, 2.24) is 4.90 Å². The lowest BCUT2D eigenvalue weighted by Crippen LogP contribution is -2.45. The van der Waals surface area contributed by atoms with E-state index in [9.17, 15) is 4.79 Å². The van der Waals surface area contributed by atoms with E-state index < -0.39 is 0 Å². The van der Waals surface area contributed by atoms with Crippen molar-refractivity contribution in [3.05, 3.63) is 46.3 Å². The highest BCUT2D eigenvalue weighted by Crippen LogP contribution is 2.38. The molecule has 0 unspecified atom stereocenters. The predicted molar refractivity (Wildman–Crippen MR) is 103 cm³/mol. The summed E-state index contributed by atoms with van der Waals surface area (Å²) in [6.45, 7) is 3.60. The molecule has 0 N–H and O–H groups in total. The molecule has 1 aromatic heterocycles. The van der Waals surface area contributed by atoms with Crippen molar-refractivity contribution in [3.8, 4) is 0 Å². The van der Waals surface area contributed by atoms with E-state index in [1.165, 1.54) is 11.3 Å². The van der Waals surface area contributed by atoms with Crippen LogP contribution in [0.4, 0.5) is 10.7 Å². The van der Waals surface area contributed by atoms with E-state index in [-0.39, 0.29) is 11.8 Å². The highest BCUT2D eigenvalue weighted by molar-refractivity contribution is 7.20. The van der Waals surface area contributed by atoms with Gasteiger partial charge in [-0.1, -0.05) is 23.7 Å². The fourth-order valence-corrected chi connectivity index (χ4v) is 4.48. The Morgan fingerprint density at radius 1 is 1.29 bits per heavy atom. The van der Waals surface area contributed by atoms with Gasteiger partial charge in [-0.2, -0.15) is 0 Å². The zero-order chi connectivity index (χ0) is 17.1. The largest absolute Gasteiger partial charge is 0.342 e. The summed E-state index contributed by atoms with van der Waals surface area (Å²) in [4.78, 5) is 16.0. The van der Waals surface area contributed by atoms with Crippen LogP contribution in [0.25, 0.3) is 0 Å². The van der Waals surface area contributed by atoms with Gasteiger partial charge >= 0.3 is 0 Å². The zero-order valence-corrected chi connectivity index (χ0v) is 15.9. The van der Waals surface area contributed by atoms with Gasteiger partial charge < -0.3 is 9.80 Å². The summed E-state index contributed by atoms with van der Waals surface area (Å²) in [6.07, 6.45) is 1.85. The fraction of sp³-hybridized carbons (Fsp3) is 0.389. The molecule has 2 heterocycles. The maximum Gasteiger partial charge on any atom is 0.237 e. The van der Waals surface area contributed by atoms with Crippen molar-refractivity contribution in [2.75, 3.05) is 23.9 Å². The number of carbonyl (C=O) groups is 1. The molecule has 2 aromatic rings. The van der Waals surface area contributed by atoms with Crippen LogP contribution in [0.1, 0.15) is 18.4 Å². The molecule has 0 atom stereocenters. The molecular formula is C18H20Cl2N2OS. The number of likely N-dealkylation sites (tertiary alicyclic amines) is 1. The average molecular weight is 383 g/mol. The predicted octanol–water partition coefficient (Wildman–Crippen LogP) is 5.08. The number of hydrogen-bond donors (Lipinski definition) is 0. The standard InChI is InChI=1S/C18H20Cl2N2OS/c1-13-3-2-4-15(11-13)22(18-6-5-16(20)24-18)14-7-9-21(10-8-14)17(23)12-19/h2-6,11,14H,7-10,12H2,1H3. The molecule has 128 valence electrons. The van der Waals surface area contributed by atoms with Gasteiger partial charge in [-0.15, -0.1) is 22.9 Å². The third kappa shape index (κ3) is 3.88. The van der Waals surface area contributed by atoms with Crippen LogP contribution in [-0.4, -0.2) is 35.8 Å². The van der Waals surface area contributed by atoms with Gasteiger partial charge in [0.2, 0.25) is 5.91 Å². The first-order valence-corrected chi connectivity index (χ1v) is 9.76. The first kappa shape index (κ1) is 17.6. The highest BCUT2D eigenvalue weighted by Gasteiger charge is 2.28. The Morgan fingerprint density at radius 3 is 2.62 bits per heavy atom. The number of nitrogens with zero attached hydrogens (tertiary/aromatic N) is 2. The van der Waals surface area contributed by atoms with Gasteiger partial charge in [0.25, 0.3) is 0 Å². The second-order valence-corrected chi connectivity index (χ2v) is 7.99. The van der Waals surface area contributed by atoms with Crippen molar-refractivity contribution in [1.29, 1.82) is 0 Å². The molecule has 3 nitrogen and oxygen atoms in total. The monoisotopic (exact) mass is 382 g/mol. The summed E-state index contributed by atoms with van der Waals surface area (Å²) in [5.74, 6) is 0.0867. The molecule has 1 aliphatic rings. The number of alkyl halides is 1. The number of thiophene rings is 1. The SMILES string of the molecule is Cc1cccc(N(c2ccc(Cl)s2)C2CCN(C(=O)CCl)CC2)c1. The summed E-state index contributed by atoms with van der Waals surface area (Å²) < 4.78 is 0.789. The molecule has 1 aliphatic heterocycles. The van der Waals surface area contributed by atoms with E-state index in [4.69, 9.17) is 23.2 Å². The molecule has 0 saturated carbocycles. The maximum atomic E-state index is 11.8. The average Bonchev–Trinajstić information content (AvgIpc) is 3.01. The number of benzene rings is 1. The fourth-order valence-electron chi connectivity index (χ4n) is 3.19. The van der Waals surface area contributed by atoms with Crippen molar-refractivity contribution >= 4 is 51.1 Å². The molecule has 3 rings (SSSR count). The number of halogens is 2. The Hall–Kier alpha value is -1.23. The second kappa shape index (κ2) is 7.77. The van der Waals surface area contributed by atoms with Gasteiger partial charge in [-0.05, 0) is 49.6 Å². The molecule has 1 fully saturated rings. The molecule has 0 radical (unpaired) electrons. The van der Waals surface area contributed by atoms with E-state index in [0.717, 1.165) is 35.3 Å². The third-order valence-corrected chi connectivity index (χ3v) is 5.83. The molecule has 0 bridgehead atoms. The molecule has 1 aromatic carbocycles. The number of amides is 1. The minimum Gasteiger partial charge on any atom is -0.342 e. The molecule has 0 aliphatic carbocycles. The Balaban J connectivity index is 1.85. The Labute approximate surface area is 156 Å². The van der Waals surface area contributed by atoms with Crippen LogP contribution >= 0.6 is 34.5 Å². The van der Waals surface area contributed by atoms with Crippen LogP contribution in [0.15, 0.2) is 36.4 Å². The molecule has 24 heavy (non-hydrogen) atoms. The Kier molecular flexibility index (Phi) is 5.69. The molecule has 1 amide bonds. The van der Waals surface area contributed by atoms with Crippen molar-refractivity contribution in [3.63, 3.8) is 0 Å². The number of piperidine rings is 1. The minimum atomic E-state index is 0.0244. The zero-order valence-electron chi connectivity index (χ0n) is 13.5. The first-order valence-electron chi connectivity index (χ1n) is 8.03. The number of carbonyl (C=O) groups excluding carboxylic acids is 1. The molecule has 0 spiro atoms. The minimum absolute atomic E-state index is 0.0244. The van der Waals surface area contributed by atoms with Crippen molar-refractivity contribution in [2.45, 2.75) is 25.8 Å². The lowest BCUT2D eigenvalue weighted by atomic mass is 10.0. The van der Waals surface area contributed by atoms with Crippen LogP contribution < -0.4 is 4.90 Å². The summed E-state index contributed by atoms with van der Waals surface area (Å²) in [5.41, 5.74) is 2.41. The lowest BCUT2D eigenvalue weighted by molar-refractivity contribution is -0.129. The van der Waals surface area contributed by atoms with Crippen molar-refractivity contribution in [2.24, 2.45) is 0 Å². The van der Waals surface area contributed by atoms with E-state index >= 15 is 0 Å². The van der Waals surface area contributed by atoms with Gasteiger partial charge in [-0.25, -0.2) is 0 Å². The first-order chi connectivity index (χ1) is 11.6.